The minimum atomic E-state index is -0.668. The lowest BCUT2D eigenvalue weighted by molar-refractivity contribution is 0.100. The second-order valence-electron chi connectivity index (χ2n) is 7.65. The maximum Gasteiger partial charge on any atom is 0.254 e. The molecule has 32 heavy (non-hydrogen) atoms. The number of aromatic nitrogens is 3. The molecule has 0 bridgehead atoms. The number of amides is 1. The molecule has 1 amide bonds. The van der Waals surface area contributed by atoms with Gasteiger partial charge in [0, 0.05) is 43.3 Å². The zero-order chi connectivity index (χ0) is 22.7. The molecular weight excluding hydrogens is 416 g/mol. The van der Waals surface area contributed by atoms with Gasteiger partial charge in [-0.05, 0) is 36.8 Å². The number of carbonyl (C=O) groups excluding carboxylic acids is 1. The number of hydrogen-bond donors (Lipinski definition) is 2. The van der Waals surface area contributed by atoms with Gasteiger partial charge in [-0.3, -0.25) is 14.4 Å². The number of nitrogens with one attached hydrogen (secondary N) is 1. The summed E-state index contributed by atoms with van der Waals surface area (Å²) in [6.07, 6.45) is 3.50. The number of nitriles is 1. The van der Waals surface area contributed by atoms with Crippen LogP contribution >= 0.6 is 0 Å². The number of pyridine rings is 1. The van der Waals surface area contributed by atoms with Crippen molar-refractivity contribution >= 4 is 17.4 Å². The van der Waals surface area contributed by atoms with E-state index < -0.39 is 17.8 Å². The summed E-state index contributed by atoms with van der Waals surface area (Å²) in [5.41, 5.74) is 6.71. The van der Waals surface area contributed by atoms with Crippen LogP contribution in [-0.2, 0) is 6.54 Å². The first-order valence-electron chi connectivity index (χ1n) is 10.1. The largest absolute Gasteiger partial charge is 0.365 e. The number of carbonyl (C=O) groups is 1. The zero-order valence-electron chi connectivity index (χ0n) is 17.1. The van der Waals surface area contributed by atoms with Crippen LogP contribution in [-0.4, -0.2) is 38.7 Å². The first-order valence-corrected chi connectivity index (χ1v) is 10.1. The standard InChI is InChI=1S/C22H21F2N7O/c23-16-3-5-17(6-4-16)28-22-18(21(26)32)13-31(29-22)19-7-9-30(12-15(19)10-25)11-14-2-1-8-27-20(14)24/h1-6,8,13,15,19H,7,9,11-12H2,(H2,26,32)(H,28,29)/t15-,19-/m1/s1. The predicted octanol–water partition coefficient (Wildman–Crippen LogP) is 2.99. The van der Waals surface area contributed by atoms with Crippen molar-refractivity contribution in [2.75, 3.05) is 18.4 Å². The Morgan fingerprint density at radius 1 is 1.28 bits per heavy atom. The van der Waals surface area contributed by atoms with E-state index in [4.69, 9.17) is 5.73 Å². The highest BCUT2D eigenvalue weighted by Gasteiger charge is 2.32. The Hall–Kier alpha value is -3.84. The maximum absolute atomic E-state index is 13.9. The monoisotopic (exact) mass is 437 g/mol. The minimum absolute atomic E-state index is 0.172. The molecule has 3 heterocycles. The molecule has 3 aromatic rings. The smallest absolute Gasteiger partial charge is 0.254 e. The van der Waals surface area contributed by atoms with Crippen LogP contribution in [0.3, 0.4) is 0 Å². The second kappa shape index (κ2) is 9.11. The Morgan fingerprint density at radius 3 is 2.75 bits per heavy atom. The molecule has 8 nitrogen and oxygen atoms in total. The number of halogens is 2. The third-order valence-corrected chi connectivity index (χ3v) is 5.50. The van der Waals surface area contributed by atoms with Gasteiger partial charge in [-0.25, -0.2) is 9.37 Å². The van der Waals surface area contributed by atoms with E-state index in [1.165, 1.54) is 36.7 Å². The van der Waals surface area contributed by atoms with E-state index >= 15 is 0 Å². The Morgan fingerprint density at radius 2 is 2.06 bits per heavy atom. The summed E-state index contributed by atoms with van der Waals surface area (Å²) in [6, 6.07) is 11.0. The molecule has 1 saturated heterocycles. The number of hydrogen-bond acceptors (Lipinski definition) is 6. The normalized spacial score (nSPS) is 18.8. The number of rotatable bonds is 6. The second-order valence-corrected chi connectivity index (χ2v) is 7.65. The van der Waals surface area contributed by atoms with Gasteiger partial charge in [0.2, 0.25) is 5.95 Å². The first kappa shape index (κ1) is 21.4. The van der Waals surface area contributed by atoms with Crippen molar-refractivity contribution in [3.8, 4) is 6.07 Å². The van der Waals surface area contributed by atoms with Gasteiger partial charge in [0.15, 0.2) is 5.82 Å². The Kier molecular flexibility index (Phi) is 6.09. The molecule has 1 aromatic carbocycles. The maximum atomic E-state index is 13.9. The molecule has 164 valence electrons. The molecule has 0 radical (unpaired) electrons. The highest BCUT2D eigenvalue weighted by Crippen LogP contribution is 2.31. The van der Waals surface area contributed by atoms with Crippen LogP contribution in [0.5, 0.6) is 0 Å². The summed E-state index contributed by atoms with van der Waals surface area (Å²) in [5, 5.41) is 17.2. The van der Waals surface area contributed by atoms with E-state index in [1.807, 2.05) is 4.90 Å². The van der Waals surface area contributed by atoms with Crippen LogP contribution in [0.4, 0.5) is 20.3 Å². The highest BCUT2D eigenvalue weighted by atomic mass is 19.1. The molecular formula is C22H21F2N7O. The fraction of sp³-hybridized carbons (Fsp3) is 0.273. The molecule has 1 aliphatic rings. The number of nitrogens with two attached hydrogens (primary N) is 1. The molecule has 2 atom stereocenters. The summed E-state index contributed by atoms with van der Waals surface area (Å²) in [5.74, 6) is -1.76. The van der Waals surface area contributed by atoms with Crippen molar-refractivity contribution < 1.29 is 13.6 Å². The van der Waals surface area contributed by atoms with Crippen LogP contribution < -0.4 is 11.1 Å². The van der Waals surface area contributed by atoms with Gasteiger partial charge in [-0.2, -0.15) is 14.8 Å². The van der Waals surface area contributed by atoms with Crippen molar-refractivity contribution in [3.63, 3.8) is 0 Å². The van der Waals surface area contributed by atoms with Crippen molar-refractivity contribution in [3.05, 3.63) is 71.7 Å². The van der Waals surface area contributed by atoms with Crippen LogP contribution in [0, 0.1) is 29.0 Å². The van der Waals surface area contributed by atoms with Crippen molar-refractivity contribution in [2.24, 2.45) is 11.7 Å². The zero-order valence-corrected chi connectivity index (χ0v) is 17.1. The molecule has 4 rings (SSSR count). The van der Waals surface area contributed by atoms with Crippen LogP contribution in [0.15, 0.2) is 48.8 Å². The quantitative estimate of drug-likeness (QED) is 0.574. The van der Waals surface area contributed by atoms with Gasteiger partial charge in [0.1, 0.15) is 11.4 Å². The summed E-state index contributed by atoms with van der Waals surface area (Å²) in [6.45, 7) is 1.39. The molecule has 0 unspecified atom stereocenters. The van der Waals surface area contributed by atoms with Crippen LogP contribution in [0.2, 0.25) is 0 Å². The van der Waals surface area contributed by atoms with Gasteiger partial charge in [-0.1, -0.05) is 6.07 Å². The van der Waals surface area contributed by atoms with Crippen LogP contribution in [0.1, 0.15) is 28.4 Å². The average molecular weight is 437 g/mol. The Bertz CT molecular complexity index is 1160. The summed E-state index contributed by atoms with van der Waals surface area (Å²) >= 11 is 0. The summed E-state index contributed by atoms with van der Waals surface area (Å²) in [4.78, 5) is 17.6. The lowest BCUT2D eigenvalue weighted by atomic mass is 9.93. The van der Waals surface area contributed by atoms with Gasteiger partial charge in [0.05, 0.1) is 18.0 Å². The molecule has 0 saturated carbocycles. The molecule has 1 aliphatic heterocycles. The van der Waals surface area contributed by atoms with E-state index in [2.05, 4.69) is 21.5 Å². The van der Waals surface area contributed by atoms with Gasteiger partial charge in [-0.15, -0.1) is 0 Å². The number of primary amides is 1. The molecule has 3 N–H and O–H groups in total. The van der Waals surface area contributed by atoms with Crippen molar-refractivity contribution in [1.82, 2.24) is 19.7 Å². The summed E-state index contributed by atoms with van der Waals surface area (Å²) < 4.78 is 28.7. The van der Waals surface area contributed by atoms with E-state index in [9.17, 15) is 18.8 Å². The van der Waals surface area contributed by atoms with E-state index in [-0.39, 0.29) is 23.2 Å². The Balaban J connectivity index is 1.52. The number of anilines is 2. The first-order chi connectivity index (χ1) is 15.4. The lowest BCUT2D eigenvalue weighted by Gasteiger charge is -2.35. The average Bonchev–Trinajstić information content (AvgIpc) is 3.20. The third kappa shape index (κ3) is 4.58. The van der Waals surface area contributed by atoms with Crippen molar-refractivity contribution in [1.29, 1.82) is 5.26 Å². The topological polar surface area (TPSA) is 113 Å². The highest BCUT2D eigenvalue weighted by molar-refractivity contribution is 5.98. The number of nitrogens with zero attached hydrogens (tertiary/aromatic N) is 5. The van der Waals surface area contributed by atoms with Gasteiger partial charge < -0.3 is 11.1 Å². The SMILES string of the molecule is N#C[C@@H]1CN(Cc2cccnc2F)CC[C@H]1n1cc(C(N)=O)c(Nc2ccc(F)cc2)n1. The molecule has 2 aromatic heterocycles. The van der Waals surface area contributed by atoms with E-state index in [1.54, 1.807) is 16.8 Å². The van der Waals surface area contributed by atoms with Crippen LogP contribution in [0.25, 0.3) is 0 Å². The summed E-state index contributed by atoms with van der Waals surface area (Å²) in [7, 11) is 0. The van der Waals surface area contributed by atoms with E-state index in [0.29, 0.717) is 37.3 Å². The molecule has 1 fully saturated rings. The number of piperidine rings is 1. The minimum Gasteiger partial charge on any atom is -0.365 e. The molecule has 10 heteroatoms. The Labute approximate surface area is 183 Å². The fourth-order valence-corrected chi connectivity index (χ4v) is 3.88. The molecule has 0 aliphatic carbocycles. The van der Waals surface area contributed by atoms with E-state index in [0.717, 1.165) is 0 Å². The fourth-order valence-electron chi connectivity index (χ4n) is 3.88. The predicted molar refractivity (Wildman–Crippen MR) is 113 cm³/mol. The number of benzene rings is 1. The van der Waals surface area contributed by atoms with Crippen molar-refractivity contribution in [2.45, 2.75) is 19.0 Å². The number of likely N-dealkylation sites (tertiary alicyclic amines) is 1. The third-order valence-electron chi connectivity index (χ3n) is 5.50. The van der Waals surface area contributed by atoms with Gasteiger partial charge >= 0.3 is 0 Å². The lowest BCUT2D eigenvalue weighted by Crippen LogP contribution is -2.40. The van der Waals surface area contributed by atoms with Gasteiger partial charge in [0.25, 0.3) is 5.91 Å². The molecule has 0 spiro atoms.